The van der Waals surface area contributed by atoms with E-state index in [2.05, 4.69) is 84.9 Å². The molecule has 0 spiro atoms. The smallest absolute Gasteiger partial charge is 0.223 e. The van der Waals surface area contributed by atoms with Crippen molar-refractivity contribution in [2.45, 2.75) is 72.4 Å². The molecule has 5 rings (SSSR count). The zero-order chi connectivity index (χ0) is 24.5. The number of nitrogens with one attached hydrogen (secondary N) is 1. The third-order valence-corrected chi connectivity index (χ3v) is 8.65. The van der Waals surface area contributed by atoms with Gasteiger partial charge in [-0.25, -0.2) is 4.98 Å². The number of nitrogens with zero attached hydrogens (tertiary/aromatic N) is 3. The molecule has 186 valence electrons. The van der Waals surface area contributed by atoms with Gasteiger partial charge in [-0.1, -0.05) is 62.6 Å². The fraction of sp³-hybridized carbons (Fsp3) is 0.533. The van der Waals surface area contributed by atoms with E-state index in [1.807, 2.05) is 0 Å². The van der Waals surface area contributed by atoms with Gasteiger partial charge in [-0.15, -0.1) is 0 Å². The Labute approximate surface area is 209 Å². The molecule has 3 atom stereocenters. The van der Waals surface area contributed by atoms with E-state index in [1.54, 1.807) is 0 Å². The minimum absolute atomic E-state index is 0.104. The Balaban J connectivity index is 1.31. The maximum atomic E-state index is 13.1. The third kappa shape index (κ3) is 4.96. The van der Waals surface area contributed by atoms with Crippen LogP contribution in [0.5, 0.6) is 0 Å². The van der Waals surface area contributed by atoms with Gasteiger partial charge in [0.05, 0.1) is 17.6 Å². The summed E-state index contributed by atoms with van der Waals surface area (Å²) in [5.74, 6) is 2.66. The second-order valence-corrected chi connectivity index (χ2v) is 11.1. The molecule has 0 radical (unpaired) electrons. The van der Waals surface area contributed by atoms with E-state index in [0.29, 0.717) is 17.9 Å². The lowest BCUT2D eigenvalue weighted by atomic mass is 9.78. The molecule has 1 aliphatic carbocycles. The SMILES string of the molecule is Cc1ccc(C)c(Cn2c(N3CCC(C(=O)NC4CCCC(C)C4C)CC3)nc3ccccc32)c1. The molecule has 5 heteroatoms. The van der Waals surface area contributed by atoms with Crippen molar-refractivity contribution < 1.29 is 4.79 Å². The van der Waals surface area contributed by atoms with Gasteiger partial charge >= 0.3 is 0 Å². The molecule has 1 aliphatic heterocycles. The molecule has 35 heavy (non-hydrogen) atoms. The first-order valence-corrected chi connectivity index (χ1v) is 13.5. The summed E-state index contributed by atoms with van der Waals surface area (Å²) >= 11 is 0. The molecule has 3 aromatic rings. The van der Waals surface area contributed by atoms with Crippen LogP contribution in [0.25, 0.3) is 11.0 Å². The van der Waals surface area contributed by atoms with E-state index in [0.717, 1.165) is 50.4 Å². The first-order valence-electron chi connectivity index (χ1n) is 13.5. The van der Waals surface area contributed by atoms with E-state index in [4.69, 9.17) is 4.98 Å². The third-order valence-electron chi connectivity index (χ3n) is 8.65. The van der Waals surface area contributed by atoms with Crippen molar-refractivity contribution in [3.8, 4) is 0 Å². The minimum atomic E-state index is 0.104. The normalized spacial score (nSPS) is 23.5. The molecule has 1 aromatic heterocycles. The van der Waals surface area contributed by atoms with Crippen molar-refractivity contribution in [3.63, 3.8) is 0 Å². The number of para-hydroxylation sites is 2. The molecule has 1 N–H and O–H groups in total. The highest BCUT2D eigenvalue weighted by Crippen LogP contribution is 2.31. The van der Waals surface area contributed by atoms with Crippen LogP contribution in [-0.2, 0) is 11.3 Å². The maximum absolute atomic E-state index is 13.1. The molecular formula is C30H40N4O. The van der Waals surface area contributed by atoms with Crippen LogP contribution in [0.2, 0.25) is 0 Å². The van der Waals surface area contributed by atoms with Gasteiger partial charge in [0, 0.05) is 25.0 Å². The molecule has 0 bridgehead atoms. The number of carbonyl (C=O) groups excluding carboxylic acids is 1. The Morgan fingerprint density at radius 2 is 1.80 bits per heavy atom. The largest absolute Gasteiger partial charge is 0.353 e. The lowest BCUT2D eigenvalue weighted by Crippen LogP contribution is -2.48. The van der Waals surface area contributed by atoms with Crippen LogP contribution in [0, 0.1) is 31.6 Å². The van der Waals surface area contributed by atoms with Gasteiger partial charge in [-0.05, 0) is 68.2 Å². The minimum Gasteiger partial charge on any atom is -0.353 e. The average Bonchev–Trinajstić information content (AvgIpc) is 3.22. The second-order valence-electron chi connectivity index (χ2n) is 11.1. The summed E-state index contributed by atoms with van der Waals surface area (Å²) in [5.41, 5.74) is 6.13. The number of anilines is 1. The van der Waals surface area contributed by atoms with E-state index in [1.165, 1.54) is 35.0 Å². The molecule has 5 nitrogen and oxygen atoms in total. The fourth-order valence-corrected chi connectivity index (χ4v) is 6.03. The second kappa shape index (κ2) is 10.0. The summed E-state index contributed by atoms with van der Waals surface area (Å²) in [5, 5.41) is 3.42. The number of fused-ring (bicyclic) bond motifs is 1. The van der Waals surface area contributed by atoms with Gasteiger partial charge < -0.3 is 14.8 Å². The zero-order valence-electron chi connectivity index (χ0n) is 21.8. The molecule has 2 fully saturated rings. The highest BCUT2D eigenvalue weighted by Gasteiger charge is 2.32. The highest BCUT2D eigenvalue weighted by molar-refractivity contribution is 5.80. The van der Waals surface area contributed by atoms with Crippen molar-refractivity contribution in [2.75, 3.05) is 18.0 Å². The number of aryl methyl sites for hydroxylation is 2. The lowest BCUT2D eigenvalue weighted by Gasteiger charge is -2.37. The number of benzene rings is 2. The van der Waals surface area contributed by atoms with Crippen LogP contribution in [0.15, 0.2) is 42.5 Å². The Hall–Kier alpha value is -2.82. The number of imidazole rings is 1. The summed E-state index contributed by atoms with van der Waals surface area (Å²) < 4.78 is 2.36. The number of carbonyl (C=O) groups is 1. The predicted octanol–water partition coefficient (Wildman–Crippen LogP) is 5.86. The lowest BCUT2D eigenvalue weighted by molar-refractivity contribution is -0.127. The van der Waals surface area contributed by atoms with Gasteiger partial charge in [0.15, 0.2) is 0 Å². The van der Waals surface area contributed by atoms with Crippen molar-refractivity contribution in [1.29, 1.82) is 0 Å². The maximum Gasteiger partial charge on any atom is 0.223 e. The van der Waals surface area contributed by atoms with Crippen LogP contribution in [0.1, 0.15) is 62.6 Å². The summed E-state index contributed by atoms with van der Waals surface area (Å²) in [6.07, 6.45) is 5.41. The summed E-state index contributed by atoms with van der Waals surface area (Å²) in [6, 6.07) is 15.4. The standard InChI is InChI=1S/C30H40N4O/c1-20-12-13-22(3)25(18-20)19-34-28-11-6-5-9-27(28)32-30(34)33-16-14-24(15-17-33)29(35)31-26-10-7-8-21(2)23(26)4/h5-6,9,11-13,18,21,23-24,26H,7-8,10,14-17,19H2,1-4H3,(H,31,35). The van der Waals surface area contributed by atoms with Crippen molar-refractivity contribution >= 4 is 22.9 Å². The van der Waals surface area contributed by atoms with Crippen molar-refractivity contribution in [1.82, 2.24) is 14.9 Å². The molecular weight excluding hydrogens is 432 g/mol. The Morgan fingerprint density at radius 1 is 1.03 bits per heavy atom. The fourth-order valence-electron chi connectivity index (χ4n) is 6.03. The molecule has 3 unspecified atom stereocenters. The number of hydrogen-bond donors (Lipinski definition) is 1. The quantitative estimate of drug-likeness (QED) is 0.506. The number of rotatable bonds is 5. The van der Waals surface area contributed by atoms with Gasteiger partial charge in [-0.2, -0.15) is 0 Å². The monoisotopic (exact) mass is 472 g/mol. The van der Waals surface area contributed by atoms with E-state index >= 15 is 0 Å². The highest BCUT2D eigenvalue weighted by atomic mass is 16.2. The van der Waals surface area contributed by atoms with Crippen LogP contribution in [0.3, 0.4) is 0 Å². The van der Waals surface area contributed by atoms with Crippen LogP contribution >= 0.6 is 0 Å². The molecule has 1 amide bonds. The number of hydrogen-bond acceptors (Lipinski definition) is 3. The summed E-state index contributed by atoms with van der Waals surface area (Å²) in [7, 11) is 0. The van der Waals surface area contributed by atoms with Crippen LogP contribution in [-0.4, -0.2) is 34.6 Å². The first-order chi connectivity index (χ1) is 16.9. The number of piperidine rings is 1. The predicted molar refractivity (Wildman–Crippen MR) is 144 cm³/mol. The molecule has 2 aromatic carbocycles. The van der Waals surface area contributed by atoms with Gasteiger partial charge in [0.1, 0.15) is 0 Å². The molecule has 1 saturated heterocycles. The van der Waals surface area contributed by atoms with E-state index < -0.39 is 0 Å². The first kappa shape index (κ1) is 23.9. The Bertz CT molecular complexity index is 1190. The summed E-state index contributed by atoms with van der Waals surface area (Å²) in [4.78, 5) is 20.6. The Kier molecular flexibility index (Phi) is 6.86. The number of amides is 1. The number of aromatic nitrogens is 2. The average molecular weight is 473 g/mol. The van der Waals surface area contributed by atoms with Crippen molar-refractivity contribution in [2.24, 2.45) is 17.8 Å². The van der Waals surface area contributed by atoms with E-state index in [9.17, 15) is 4.79 Å². The topological polar surface area (TPSA) is 50.2 Å². The van der Waals surface area contributed by atoms with Gasteiger partial charge in [0.2, 0.25) is 11.9 Å². The van der Waals surface area contributed by atoms with Gasteiger partial charge in [-0.3, -0.25) is 4.79 Å². The van der Waals surface area contributed by atoms with Gasteiger partial charge in [0.25, 0.3) is 0 Å². The summed E-state index contributed by atoms with van der Waals surface area (Å²) in [6.45, 7) is 11.5. The molecule has 1 saturated carbocycles. The van der Waals surface area contributed by atoms with E-state index in [-0.39, 0.29) is 11.8 Å². The zero-order valence-corrected chi connectivity index (χ0v) is 21.8. The van der Waals surface area contributed by atoms with Crippen LogP contribution < -0.4 is 10.2 Å². The molecule has 2 heterocycles. The van der Waals surface area contributed by atoms with Crippen molar-refractivity contribution in [3.05, 3.63) is 59.2 Å². The van der Waals surface area contributed by atoms with Crippen LogP contribution in [0.4, 0.5) is 5.95 Å². The Morgan fingerprint density at radius 3 is 2.60 bits per heavy atom. The molecule has 2 aliphatic rings.